The summed E-state index contributed by atoms with van der Waals surface area (Å²) >= 11 is 0. The number of nitrogens with zero attached hydrogens (tertiary/aromatic N) is 1. The second-order valence-corrected chi connectivity index (χ2v) is 5.58. The molecule has 0 aliphatic carbocycles. The highest BCUT2D eigenvalue weighted by molar-refractivity contribution is 5.27. The second-order valence-electron chi connectivity index (χ2n) is 5.58. The van der Waals surface area contributed by atoms with Crippen molar-refractivity contribution < 1.29 is 9.84 Å². The predicted octanol–water partition coefficient (Wildman–Crippen LogP) is 3.12. The summed E-state index contributed by atoms with van der Waals surface area (Å²) in [6, 6.07) is 19.0. The van der Waals surface area contributed by atoms with Gasteiger partial charge in [0.15, 0.2) is 0 Å². The van der Waals surface area contributed by atoms with Gasteiger partial charge in [-0.3, -0.25) is 4.90 Å². The first kappa shape index (κ1) is 16.5. The number of ether oxygens (including phenoxy) is 1. The first-order valence-electron chi connectivity index (χ1n) is 7.74. The number of hydrogen-bond donors (Lipinski definition) is 1. The van der Waals surface area contributed by atoms with Crippen molar-refractivity contribution in [2.75, 3.05) is 20.3 Å². The minimum absolute atomic E-state index is 0.180. The molecule has 2 rings (SSSR count). The highest BCUT2D eigenvalue weighted by Gasteiger charge is 2.14. The van der Waals surface area contributed by atoms with Gasteiger partial charge < -0.3 is 9.84 Å². The zero-order valence-electron chi connectivity index (χ0n) is 13.4. The van der Waals surface area contributed by atoms with Gasteiger partial charge in [-0.25, -0.2) is 0 Å². The highest BCUT2D eigenvalue weighted by atomic mass is 16.5. The number of benzene rings is 2. The van der Waals surface area contributed by atoms with Crippen LogP contribution in [0.4, 0.5) is 0 Å². The van der Waals surface area contributed by atoms with E-state index in [1.165, 1.54) is 11.1 Å². The first-order chi connectivity index (χ1) is 10.7. The maximum absolute atomic E-state index is 9.34. The molecule has 3 nitrogen and oxygen atoms in total. The van der Waals surface area contributed by atoms with Gasteiger partial charge in [-0.15, -0.1) is 0 Å². The Morgan fingerprint density at radius 1 is 1.00 bits per heavy atom. The molecular formula is C19H25NO2. The monoisotopic (exact) mass is 299 g/mol. The fourth-order valence-corrected chi connectivity index (χ4v) is 2.63. The van der Waals surface area contributed by atoms with E-state index in [2.05, 4.69) is 48.2 Å². The van der Waals surface area contributed by atoms with Crippen molar-refractivity contribution in [2.24, 2.45) is 0 Å². The van der Waals surface area contributed by atoms with Crippen LogP contribution in [0.15, 0.2) is 54.6 Å². The van der Waals surface area contributed by atoms with Gasteiger partial charge in [-0.1, -0.05) is 42.5 Å². The number of hydrogen-bond acceptors (Lipinski definition) is 3. The Hall–Kier alpha value is -1.84. The van der Waals surface area contributed by atoms with Crippen LogP contribution in [0.1, 0.15) is 18.1 Å². The Morgan fingerprint density at radius 2 is 1.68 bits per heavy atom. The van der Waals surface area contributed by atoms with Crippen LogP contribution >= 0.6 is 0 Å². The van der Waals surface area contributed by atoms with Crippen LogP contribution < -0.4 is 4.74 Å². The van der Waals surface area contributed by atoms with Gasteiger partial charge in [0.25, 0.3) is 0 Å². The summed E-state index contributed by atoms with van der Waals surface area (Å²) in [5.74, 6) is 0.882. The summed E-state index contributed by atoms with van der Waals surface area (Å²) in [5, 5.41) is 9.34. The Balaban J connectivity index is 2.00. The second kappa shape index (κ2) is 8.57. The lowest BCUT2D eigenvalue weighted by molar-refractivity contribution is 0.150. The lowest BCUT2D eigenvalue weighted by Crippen LogP contribution is -2.36. The molecule has 1 N–H and O–H groups in total. The zero-order valence-corrected chi connectivity index (χ0v) is 13.4. The number of methoxy groups -OCH3 is 1. The van der Waals surface area contributed by atoms with E-state index in [-0.39, 0.29) is 6.61 Å². The Labute approximate surface area is 133 Å². The summed E-state index contributed by atoms with van der Waals surface area (Å²) in [5.41, 5.74) is 2.56. The number of rotatable bonds is 8. The SMILES string of the molecule is COc1ccc(CC(C)N(CCO)Cc2ccccc2)cc1. The third-order valence-corrected chi connectivity index (χ3v) is 3.93. The molecule has 0 saturated carbocycles. The van der Waals surface area contributed by atoms with E-state index in [9.17, 15) is 5.11 Å². The van der Waals surface area contributed by atoms with E-state index in [4.69, 9.17) is 4.74 Å². The molecule has 0 amide bonds. The van der Waals surface area contributed by atoms with Crippen LogP contribution in [0.3, 0.4) is 0 Å². The molecule has 2 aromatic carbocycles. The fourth-order valence-electron chi connectivity index (χ4n) is 2.63. The van der Waals surface area contributed by atoms with Crippen LogP contribution in [0.5, 0.6) is 5.75 Å². The Kier molecular flexibility index (Phi) is 6.44. The van der Waals surface area contributed by atoms with Gasteiger partial charge in [0, 0.05) is 19.1 Å². The van der Waals surface area contributed by atoms with Crippen LogP contribution in [0.25, 0.3) is 0 Å². The molecule has 0 fully saturated rings. The molecule has 0 saturated heterocycles. The quantitative estimate of drug-likeness (QED) is 0.813. The molecule has 1 atom stereocenters. The lowest BCUT2D eigenvalue weighted by Gasteiger charge is -2.28. The van der Waals surface area contributed by atoms with Crippen LogP contribution in [-0.4, -0.2) is 36.3 Å². The highest BCUT2D eigenvalue weighted by Crippen LogP contribution is 2.16. The Bertz CT molecular complexity index is 539. The van der Waals surface area contributed by atoms with E-state index in [0.29, 0.717) is 12.6 Å². The van der Waals surface area contributed by atoms with Gasteiger partial charge >= 0.3 is 0 Å². The maximum atomic E-state index is 9.34. The predicted molar refractivity (Wildman–Crippen MR) is 90.1 cm³/mol. The first-order valence-corrected chi connectivity index (χ1v) is 7.74. The van der Waals surface area contributed by atoms with Gasteiger partial charge in [-0.2, -0.15) is 0 Å². The van der Waals surface area contributed by atoms with E-state index in [1.807, 2.05) is 18.2 Å². The summed E-state index contributed by atoms with van der Waals surface area (Å²) in [6.45, 7) is 3.94. The van der Waals surface area contributed by atoms with Gasteiger partial charge in [-0.05, 0) is 36.6 Å². The molecule has 0 aliphatic heterocycles. The molecule has 2 aromatic rings. The average Bonchev–Trinajstić information content (AvgIpc) is 2.56. The smallest absolute Gasteiger partial charge is 0.118 e. The summed E-state index contributed by atoms with van der Waals surface area (Å²) < 4.78 is 5.20. The van der Waals surface area contributed by atoms with Gasteiger partial charge in [0.1, 0.15) is 5.75 Å². The Morgan fingerprint density at radius 3 is 2.27 bits per heavy atom. The minimum atomic E-state index is 0.180. The molecule has 0 aliphatic rings. The van der Waals surface area contributed by atoms with Gasteiger partial charge in [0.05, 0.1) is 13.7 Å². The lowest BCUT2D eigenvalue weighted by atomic mass is 10.0. The minimum Gasteiger partial charge on any atom is -0.497 e. The summed E-state index contributed by atoms with van der Waals surface area (Å²) in [6.07, 6.45) is 0.955. The van der Waals surface area contributed by atoms with E-state index >= 15 is 0 Å². The topological polar surface area (TPSA) is 32.7 Å². The van der Waals surface area contributed by atoms with E-state index in [0.717, 1.165) is 18.7 Å². The molecule has 0 radical (unpaired) electrons. The third-order valence-electron chi connectivity index (χ3n) is 3.93. The summed E-state index contributed by atoms with van der Waals surface area (Å²) in [4.78, 5) is 2.32. The van der Waals surface area contributed by atoms with Crippen molar-refractivity contribution >= 4 is 0 Å². The number of aliphatic hydroxyl groups is 1. The third kappa shape index (κ3) is 4.86. The standard InChI is InChI=1S/C19H25NO2/c1-16(14-17-8-10-19(22-2)11-9-17)20(12-13-21)15-18-6-4-3-5-7-18/h3-11,16,21H,12-15H2,1-2H3. The van der Waals surface area contributed by atoms with Crippen molar-refractivity contribution in [1.29, 1.82) is 0 Å². The van der Waals surface area contributed by atoms with Crippen LogP contribution in [-0.2, 0) is 13.0 Å². The van der Waals surface area contributed by atoms with Crippen molar-refractivity contribution in [1.82, 2.24) is 4.90 Å². The molecule has 22 heavy (non-hydrogen) atoms. The van der Waals surface area contributed by atoms with Crippen LogP contribution in [0.2, 0.25) is 0 Å². The molecule has 0 spiro atoms. The van der Waals surface area contributed by atoms with Crippen LogP contribution in [0, 0.1) is 0 Å². The van der Waals surface area contributed by atoms with Crippen molar-refractivity contribution in [3.8, 4) is 5.75 Å². The molecule has 0 heterocycles. The normalized spacial score (nSPS) is 12.4. The molecule has 0 aromatic heterocycles. The molecule has 1 unspecified atom stereocenters. The zero-order chi connectivity index (χ0) is 15.8. The summed E-state index contributed by atoms with van der Waals surface area (Å²) in [7, 11) is 1.68. The molecule has 0 bridgehead atoms. The average molecular weight is 299 g/mol. The maximum Gasteiger partial charge on any atom is 0.118 e. The van der Waals surface area contributed by atoms with Crippen molar-refractivity contribution in [2.45, 2.75) is 25.9 Å². The molecule has 118 valence electrons. The largest absolute Gasteiger partial charge is 0.497 e. The fraction of sp³-hybridized carbons (Fsp3) is 0.368. The van der Waals surface area contributed by atoms with Crippen molar-refractivity contribution in [3.05, 3.63) is 65.7 Å². The van der Waals surface area contributed by atoms with Gasteiger partial charge in [0.2, 0.25) is 0 Å². The molecular weight excluding hydrogens is 274 g/mol. The van der Waals surface area contributed by atoms with Crippen molar-refractivity contribution in [3.63, 3.8) is 0 Å². The van der Waals surface area contributed by atoms with E-state index in [1.54, 1.807) is 7.11 Å². The number of aliphatic hydroxyl groups excluding tert-OH is 1. The molecule has 3 heteroatoms. The van der Waals surface area contributed by atoms with E-state index < -0.39 is 0 Å².